The first-order valence-corrected chi connectivity index (χ1v) is 13.4. The molecule has 0 aliphatic heterocycles. The molecule has 2 amide bonds. The SMILES string of the molecule is O=C(O)CCC=Cc1ccc(C(NC(=O)Nc2cc(Cl)cc(Cl)c2)c2ccc(C3=CCCCC3)cc2)cc1. The molecule has 3 aromatic rings. The Morgan fingerprint density at radius 1 is 0.921 bits per heavy atom. The minimum atomic E-state index is -0.817. The minimum absolute atomic E-state index is 0.0976. The average Bonchev–Trinajstić information content (AvgIpc) is 2.90. The normalized spacial score (nSPS) is 14.1. The predicted octanol–water partition coefficient (Wildman–Crippen LogP) is 8.74. The topological polar surface area (TPSA) is 78.4 Å². The van der Waals surface area contributed by atoms with Crippen LogP contribution in [0.1, 0.15) is 66.8 Å². The molecule has 4 rings (SSSR count). The molecule has 0 fully saturated rings. The van der Waals surface area contributed by atoms with Gasteiger partial charge in [0.2, 0.25) is 0 Å². The number of aliphatic carboxylic acids is 1. The fourth-order valence-corrected chi connectivity index (χ4v) is 5.03. The van der Waals surface area contributed by atoms with E-state index in [0.29, 0.717) is 22.2 Å². The number of allylic oxidation sites excluding steroid dienone is 3. The Bertz CT molecular complexity index is 1310. The summed E-state index contributed by atoms with van der Waals surface area (Å²) in [5.74, 6) is -0.817. The highest BCUT2D eigenvalue weighted by molar-refractivity contribution is 6.35. The number of urea groups is 1. The van der Waals surface area contributed by atoms with Gasteiger partial charge in [0.05, 0.1) is 6.04 Å². The zero-order chi connectivity index (χ0) is 26.9. The van der Waals surface area contributed by atoms with Crippen LogP contribution in [0.4, 0.5) is 10.5 Å². The number of amides is 2. The summed E-state index contributed by atoms with van der Waals surface area (Å²) in [7, 11) is 0. The van der Waals surface area contributed by atoms with E-state index in [9.17, 15) is 9.59 Å². The van der Waals surface area contributed by atoms with Crippen LogP contribution in [0.2, 0.25) is 10.0 Å². The molecule has 3 N–H and O–H groups in total. The highest BCUT2D eigenvalue weighted by atomic mass is 35.5. The molecule has 3 aromatic carbocycles. The molecule has 0 aromatic heterocycles. The van der Waals surface area contributed by atoms with Crippen molar-refractivity contribution in [1.29, 1.82) is 0 Å². The van der Waals surface area contributed by atoms with Gasteiger partial charge in [0, 0.05) is 22.2 Å². The molecule has 38 heavy (non-hydrogen) atoms. The van der Waals surface area contributed by atoms with Crippen molar-refractivity contribution in [1.82, 2.24) is 5.32 Å². The lowest BCUT2D eigenvalue weighted by Crippen LogP contribution is -2.33. The first-order valence-electron chi connectivity index (χ1n) is 12.7. The maximum Gasteiger partial charge on any atom is 0.319 e. The molecule has 0 radical (unpaired) electrons. The molecule has 1 unspecified atom stereocenters. The molecule has 7 heteroatoms. The van der Waals surface area contributed by atoms with Crippen molar-refractivity contribution < 1.29 is 14.7 Å². The maximum absolute atomic E-state index is 13.0. The third-order valence-corrected chi connectivity index (χ3v) is 6.84. The van der Waals surface area contributed by atoms with Crippen LogP contribution in [0.25, 0.3) is 11.6 Å². The van der Waals surface area contributed by atoms with Gasteiger partial charge in [-0.2, -0.15) is 0 Å². The van der Waals surface area contributed by atoms with E-state index in [1.165, 1.54) is 24.0 Å². The second kappa shape index (κ2) is 13.3. The van der Waals surface area contributed by atoms with Crippen molar-refractivity contribution in [3.8, 4) is 0 Å². The third-order valence-electron chi connectivity index (χ3n) is 6.41. The van der Waals surface area contributed by atoms with Crippen LogP contribution in [0.5, 0.6) is 0 Å². The summed E-state index contributed by atoms with van der Waals surface area (Å²) in [5, 5.41) is 15.6. The maximum atomic E-state index is 13.0. The number of benzene rings is 3. The number of halogens is 2. The van der Waals surface area contributed by atoms with E-state index in [4.69, 9.17) is 28.3 Å². The van der Waals surface area contributed by atoms with Crippen molar-refractivity contribution >= 4 is 52.5 Å². The first kappa shape index (κ1) is 27.5. The fraction of sp³-hybridized carbons (Fsp3) is 0.226. The molecule has 0 bridgehead atoms. The molecular formula is C31H30Cl2N2O3. The smallest absolute Gasteiger partial charge is 0.319 e. The van der Waals surface area contributed by atoms with Crippen molar-refractivity contribution in [3.63, 3.8) is 0 Å². The van der Waals surface area contributed by atoms with Crippen LogP contribution in [0, 0.1) is 0 Å². The summed E-state index contributed by atoms with van der Waals surface area (Å²) in [6.07, 6.45) is 11.3. The number of nitrogens with one attached hydrogen (secondary N) is 2. The molecule has 1 aliphatic carbocycles. The van der Waals surface area contributed by atoms with Gasteiger partial charge < -0.3 is 15.7 Å². The number of carboxylic acid groups (broad SMARTS) is 1. The summed E-state index contributed by atoms with van der Waals surface area (Å²) < 4.78 is 0. The van der Waals surface area contributed by atoms with E-state index in [1.54, 1.807) is 18.2 Å². The molecular weight excluding hydrogens is 519 g/mol. The van der Waals surface area contributed by atoms with E-state index in [2.05, 4.69) is 41.0 Å². The average molecular weight is 549 g/mol. The molecule has 0 saturated heterocycles. The van der Waals surface area contributed by atoms with Crippen LogP contribution >= 0.6 is 23.2 Å². The van der Waals surface area contributed by atoms with Gasteiger partial charge in [-0.1, -0.05) is 90.0 Å². The Balaban J connectivity index is 1.55. The van der Waals surface area contributed by atoms with E-state index in [-0.39, 0.29) is 12.5 Å². The lowest BCUT2D eigenvalue weighted by Gasteiger charge is -2.21. The van der Waals surface area contributed by atoms with E-state index in [1.807, 2.05) is 36.4 Å². The minimum Gasteiger partial charge on any atom is -0.481 e. The van der Waals surface area contributed by atoms with E-state index >= 15 is 0 Å². The molecule has 0 saturated carbocycles. The van der Waals surface area contributed by atoms with Crippen LogP contribution in [0.3, 0.4) is 0 Å². The number of rotatable bonds is 9. The number of carboxylic acids is 1. The number of hydrogen-bond donors (Lipinski definition) is 3. The summed E-state index contributed by atoms with van der Waals surface area (Å²) >= 11 is 12.2. The number of hydrogen-bond acceptors (Lipinski definition) is 2. The Labute approximate surface area is 233 Å². The number of anilines is 1. The van der Waals surface area contributed by atoms with Gasteiger partial charge in [-0.05, 0) is 78.1 Å². The van der Waals surface area contributed by atoms with Gasteiger partial charge >= 0.3 is 12.0 Å². The third kappa shape index (κ3) is 7.98. The summed E-state index contributed by atoms with van der Waals surface area (Å²) in [6.45, 7) is 0. The highest BCUT2D eigenvalue weighted by Crippen LogP contribution is 2.30. The highest BCUT2D eigenvalue weighted by Gasteiger charge is 2.18. The summed E-state index contributed by atoms with van der Waals surface area (Å²) in [6, 6.07) is 20.3. The number of carbonyl (C=O) groups excluding carboxylic acids is 1. The second-order valence-corrected chi connectivity index (χ2v) is 10.2. The van der Waals surface area contributed by atoms with Crippen molar-refractivity contribution in [2.75, 3.05) is 5.32 Å². The summed E-state index contributed by atoms with van der Waals surface area (Å²) in [5.41, 5.74) is 5.91. The van der Waals surface area contributed by atoms with Gasteiger partial charge in [0.1, 0.15) is 0 Å². The monoisotopic (exact) mass is 548 g/mol. The van der Waals surface area contributed by atoms with Gasteiger partial charge in [0.15, 0.2) is 0 Å². The number of carbonyl (C=O) groups is 2. The zero-order valence-corrected chi connectivity index (χ0v) is 22.4. The lowest BCUT2D eigenvalue weighted by atomic mass is 9.91. The predicted molar refractivity (Wildman–Crippen MR) is 156 cm³/mol. The quantitative estimate of drug-likeness (QED) is 0.250. The molecule has 196 valence electrons. The molecule has 5 nitrogen and oxygen atoms in total. The largest absolute Gasteiger partial charge is 0.481 e. The van der Waals surface area contributed by atoms with Crippen molar-refractivity contribution in [2.45, 2.75) is 44.6 Å². The zero-order valence-electron chi connectivity index (χ0n) is 20.9. The molecule has 1 aliphatic rings. The van der Waals surface area contributed by atoms with Crippen molar-refractivity contribution in [2.24, 2.45) is 0 Å². The van der Waals surface area contributed by atoms with E-state index in [0.717, 1.165) is 29.5 Å². The van der Waals surface area contributed by atoms with Gasteiger partial charge in [-0.3, -0.25) is 4.79 Å². The van der Waals surface area contributed by atoms with Crippen LogP contribution in [0.15, 0.2) is 78.9 Å². The van der Waals surface area contributed by atoms with Gasteiger partial charge in [-0.25, -0.2) is 4.79 Å². The van der Waals surface area contributed by atoms with E-state index < -0.39 is 12.0 Å². The van der Waals surface area contributed by atoms with Crippen molar-refractivity contribution in [3.05, 3.63) is 111 Å². The second-order valence-electron chi connectivity index (χ2n) is 9.29. The summed E-state index contributed by atoms with van der Waals surface area (Å²) in [4.78, 5) is 23.7. The van der Waals surface area contributed by atoms with Crippen LogP contribution in [-0.2, 0) is 4.79 Å². The Hall–Kier alpha value is -3.54. The van der Waals surface area contributed by atoms with Crippen LogP contribution in [-0.4, -0.2) is 17.1 Å². The Morgan fingerprint density at radius 2 is 1.58 bits per heavy atom. The fourth-order valence-electron chi connectivity index (χ4n) is 4.50. The standard InChI is InChI=1S/C31H30Cl2N2O3/c32-26-18-27(33)20-28(19-26)34-31(38)35-30(24-12-10-21(11-13-24)6-4-5-9-29(36)37)25-16-14-23(15-17-25)22-7-2-1-3-8-22/h4,6-7,10-20,30H,1-3,5,8-9H2,(H,36,37)(H2,34,35,38). The van der Waals surface area contributed by atoms with Gasteiger partial charge in [0.25, 0.3) is 0 Å². The van der Waals surface area contributed by atoms with Crippen LogP contribution < -0.4 is 10.6 Å². The lowest BCUT2D eigenvalue weighted by molar-refractivity contribution is -0.136. The Kier molecular flexibility index (Phi) is 9.63. The van der Waals surface area contributed by atoms with Gasteiger partial charge in [-0.15, -0.1) is 0 Å². The molecule has 1 atom stereocenters. The Morgan fingerprint density at radius 3 is 2.18 bits per heavy atom. The molecule has 0 heterocycles. The first-order chi connectivity index (χ1) is 18.4. The molecule has 0 spiro atoms.